The van der Waals surface area contributed by atoms with Crippen molar-refractivity contribution in [3.8, 4) is 6.07 Å². The van der Waals surface area contributed by atoms with E-state index in [1.807, 2.05) is 13.8 Å². The third kappa shape index (κ3) is 2.22. The van der Waals surface area contributed by atoms with Crippen molar-refractivity contribution in [2.24, 2.45) is 5.92 Å². The topological polar surface area (TPSA) is 103 Å². The van der Waals surface area contributed by atoms with Crippen LogP contribution in [0.2, 0.25) is 0 Å². The smallest absolute Gasteiger partial charge is 0.305 e. The zero-order valence-corrected chi connectivity index (χ0v) is 10.7. The molecule has 0 bridgehead atoms. The normalized spacial score (nSPS) is 16.9. The first-order valence-electron chi connectivity index (χ1n) is 5.90. The Labute approximate surface area is 110 Å². The fourth-order valence-corrected chi connectivity index (χ4v) is 1.99. The average molecular weight is 262 g/mol. The summed E-state index contributed by atoms with van der Waals surface area (Å²) in [6.45, 7) is 4.70. The Morgan fingerprint density at radius 3 is 2.68 bits per heavy atom. The highest BCUT2D eigenvalue weighted by atomic mass is 16.6. The molecule has 1 aliphatic rings. The molecule has 0 saturated carbocycles. The third-order valence-electron chi connectivity index (χ3n) is 3.49. The van der Waals surface area contributed by atoms with Gasteiger partial charge in [-0.3, -0.25) is 10.1 Å². The Hall–Kier alpha value is -2.20. The zero-order valence-electron chi connectivity index (χ0n) is 10.7. The van der Waals surface area contributed by atoms with Crippen molar-refractivity contribution >= 4 is 11.5 Å². The first-order valence-corrected chi connectivity index (χ1v) is 5.90. The van der Waals surface area contributed by atoms with Gasteiger partial charge in [0.05, 0.1) is 18.0 Å². The number of anilines is 1. The van der Waals surface area contributed by atoms with Gasteiger partial charge in [-0.2, -0.15) is 5.26 Å². The van der Waals surface area contributed by atoms with Crippen LogP contribution in [-0.2, 0) is 0 Å². The second-order valence-electron chi connectivity index (χ2n) is 5.02. The zero-order chi connectivity index (χ0) is 14.2. The quantitative estimate of drug-likeness (QED) is 0.645. The van der Waals surface area contributed by atoms with Gasteiger partial charge in [0.25, 0.3) is 0 Å². The highest BCUT2D eigenvalue weighted by Crippen LogP contribution is 2.32. The van der Waals surface area contributed by atoms with Gasteiger partial charge in [0.2, 0.25) is 5.69 Å². The van der Waals surface area contributed by atoms with E-state index in [1.54, 1.807) is 11.0 Å². The van der Waals surface area contributed by atoms with Crippen LogP contribution in [0.4, 0.5) is 11.5 Å². The van der Waals surface area contributed by atoms with Crippen LogP contribution in [0.3, 0.4) is 0 Å². The lowest BCUT2D eigenvalue weighted by Gasteiger charge is -2.49. The maximum atomic E-state index is 10.7. The molecule has 7 nitrogen and oxygen atoms in total. The van der Waals surface area contributed by atoms with E-state index in [-0.39, 0.29) is 17.3 Å². The number of rotatable bonds is 3. The molecule has 1 aromatic rings. The predicted molar refractivity (Wildman–Crippen MR) is 67.6 cm³/mol. The third-order valence-corrected chi connectivity index (χ3v) is 3.49. The van der Waals surface area contributed by atoms with E-state index in [0.717, 1.165) is 0 Å². The Morgan fingerprint density at radius 1 is 1.58 bits per heavy atom. The van der Waals surface area contributed by atoms with E-state index >= 15 is 0 Å². The predicted octanol–water partition coefficient (Wildman–Crippen LogP) is 1.07. The van der Waals surface area contributed by atoms with Crippen LogP contribution >= 0.6 is 0 Å². The van der Waals surface area contributed by atoms with E-state index in [0.29, 0.717) is 18.9 Å². The van der Waals surface area contributed by atoms with Crippen molar-refractivity contribution in [2.45, 2.75) is 19.4 Å². The summed E-state index contributed by atoms with van der Waals surface area (Å²) in [5, 5.41) is 29.7. The summed E-state index contributed by atoms with van der Waals surface area (Å²) in [6, 6.07) is 4.49. The van der Waals surface area contributed by atoms with Crippen LogP contribution < -0.4 is 4.90 Å². The molecule has 2 rings (SSSR count). The molecule has 1 N–H and O–H groups in total. The van der Waals surface area contributed by atoms with Crippen LogP contribution in [0.5, 0.6) is 0 Å². The standard InChI is InChI=1S/C12H14N4O3/c1-8(2)12(17)6-15(7-12)11-4-3-10(16(18)19)9(5-13)14-11/h3-4,8,17H,6-7H2,1-2H3. The van der Waals surface area contributed by atoms with Crippen LogP contribution in [0, 0.1) is 27.4 Å². The summed E-state index contributed by atoms with van der Waals surface area (Å²) >= 11 is 0. The summed E-state index contributed by atoms with van der Waals surface area (Å²) in [5.41, 5.74) is -1.26. The number of nitriles is 1. The summed E-state index contributed by atoms with van der Waals surface area (Å²) in [4.78, 5) is 15.8. The molecule has 1 fully saturated rings. The molecule has 1 aliphatic heterocycles. The van der Waals surface area contributed by atoms with E-state index in [2.05, 4.69) is 4.98 Å². The molecule has 0 aromatic carbocycles. The molecule has 0 amide bonds. The van der Waals surface area contributed by atoms with E-state index in [4.69, 9.17) is 5.26 Å². The lowest BCUT2D eigenvalue weighted by molar-refractivity contribution is -0.385. The number of hydrogen-bond acceptors (Lipinski definition) is 6. The van der Waals surface area contributed by atoms with Gasteiger partial charge in [-0.15, -0.1) is 0 Å². The molecule has 0 atom stereocenters. The number of hydrogen-bond donors (Lipinski definition) is 1. The molecular formula is C12H14N4O3. The first-order chi connectivity index (χ1) is 8.87. The Morgan fingerprint density at radius 2 is 2.21 bits per heavy atom. The second-order valence-corrected chi connectivity index (χ2v) is 5.02. The van der Waals surface area contributed by atoms with E-state index in [1.165, 1.54) is 12.1 Å². The number of aromatic nitrogens is 1. The number of nitrogens with zero attached hydrogens (tertiary/aromatic N) is 4. The minimum absolute atomic E-state index is 0.122. The van der Waals surface area contributed by atoms with Gasteiger partial charge in [0, 0.05) is 6.07 Å². The van der Waals surface area contributed by atoms with Crippen molar-refractivity contribution in [3.05, 3.63) is 27.9 Å². The van der Waals surface area contributed by atoms with Crippen molar-refractivity contribution in [2.75, 3.05) is 18.0 Å². The fraction of sp³-hybridized carbons (Fsp3) is 0.500. The van der Waals surface area contributed by atoms with Gasteiger partial charge < -0.3 is 10.0 Å². The Balaban J connectivity index is 2.21. The highest BCUT2D eigenvalue weighted by Gasteiger charge is 2.44. The largest absolute Gasteiger partial charge is 0.386 e. The van der Waals surface area contributed by atoms with Gasteiger partial charge in [-0.1, -0.05) is 13.8 Å². The van der Waals surface area contributed by atoms with Gasteiger partial charge in [-0.05, 0) is 12.0 Å². The van der Waals surface area contributed by atoms with Crippen molar-refractivity contribution in [1.29, 1.82) is 5.26 Å². The summed E-state index contributed by atoms with van der Waals surface area (Å²) < 4.78 is 0. The van der Waals surface area contributed by atoms with Gasteiger partial charge in [0.1, 0.15) is 17.5 Å². The van der Waals surface area contributed by atoms with Crippen LogP contribution in [0.1, 0.15) is 19.5 Å². The fourth-order valence-electron chi connectivity index (χ4n) is 1.99. The van der Waals surface area contributed by atoms with Gasteiger partial charge in [-0.25, -0.2) is 4.98 Å². The molecular weight excluding hydrogens is 248 g/mol. The molecule has 1 aromatic heterocycles. The second kappa shape index (κ2) is 4.48. The Kier molecular flexibility index (Phi) is 3.12. The summed E-state index contributed by atoms with van der Waals surface area (Å²) in [5.74, 6) is 0.602. The molecule has 2 heterocycles. The minimum atomic E-state index is -0.754. The number of β-amino-alcohol motifs (C(OH)–C–C–N with tert-alkyl or cyclic N) is 1. The average Bonchev–Trinajstić information content (AvgIpc) is 2.33. The lowest BCUT2D eigenvalue weighted by Crippen LogP contribution is -2.65. The van der Waals surface area contributed by atoms with Crippen molar-refractivity contribution in [1.82, 2.24) is 4.98 Å². The maximum absolute atomic E-state index is 10.7. The molecule has 0 aliphatic carbocycles. The van der Waals surface area contributed by atoms with Crippen molar-refractivity contribution < 1.29 is 10.0 Å². The molecule has 7 heteroatoms. The monoisotopic (exact) mass is 262 g/mol. The highest BCUT2D eigenvalue weighted by molar-refractivity contribution is 5.53. The molecule has 0 spiro atoms. The molecule has 19 heavy (non-hydrogen) atoms. The van der Waals surface area contributed by atoms with Gasteiger partial charge >= 0.3 is 5.69 Å². The van der Waals surface area contributed by atoms with Crippen LogP contribution in [0.15, 0.2) is 12.1 Å². The molecule has 0 unspecified atom stereocenters. The Bertz CT molecular complexity index is 559. The SMILES string of the molecule is CC(C)C1(O)CN(c2ccc([N+](=O)[O-])c(C#N)n2)C1. The summed E-state index contributed by atoms with van der Waals surface area (Å²) in [6.07, 6.45) is 0. The lowest BCUT2D eigenvalue weighted by atomic mass is 9.83. The van der Waals surface area contributed by atoms with Crippen LogP contribution in [0.25, 0.3) is 0 Å². The van der Waals surface area contributed by atoms with Gasteiger partial charge in [0.15, 0.2) is 0 Å². The molecule has 100 valence electrons. The summed E-state index contributed by atoms with van der Waals surface area (Å²) in [7, 11) is 0. The number of nitro groups is 1. The number of aliphatic hydroxyl groups is 1. The van der Waals surface area contributed by atoms with E-state index in [9.17, 15) is 15.2 Å². The molecule has 1 saturated heterocycles. The van der Waals surface area contributed by atoms with E-state index < -0.39 is 10.5 Å². The first kappa shape index (κ1) is 13.2. The maximum Gasteiger partial charge on any atom is 0.305 e. The van der Waals surface area contributed by atoms with Crippen LogP contribution in [-0.4, -0.2) is 33.7 Å². The minimum Gasteiger partial charge on any atom is -0.386 e. The number of pyridine rings is 1. The van der Waals surface area contributed by atoms with Crippen molar-refractivity contribution in [3.63, 3.8) is 0 Å². The molecule has 0 radical (unpaired) electrons.